The maximum absolute atomic E-state index is 11.6. The molecule has 6 nitrogen and oxygen atoms in total. The summed E-state index contributed by atoms with van der Waals surface area (Å²) >= 11 is 0. The van der Waals surface area contributed by atoms with E-state index in [1.807, 2.05) is 39.8 Å². The van der Waals surface area contributed by atoms with Gasteiger partial charge < -0.3 is 19.8 Å². The fourth-order valence-electron chi connectivity index (χ4n) is 1.75. The minimum absolute atomic E-state index is 0. The number of nitrogens with zero attached hydrogens (tertiary/aromatic N) is 1. The van der Waals surface area contributed by atoms with Crippen molar-refractivity contribution in [3.8, 4) is 0 Å². The van der Waals surface area contributed by atoms with Gasteiger partial charge in [-0.1, -0.05) is 0 Å². The van der Waals surface area contributed by atoms with Gasteiger partial charge in [-0.15, -0.1) is 24.0 Å². The minimum Gasteiger partial charge on any atom is -0.469 e. The second-order valence-electron chi connectivity index (χ2n) is 5.85. The lowest BCUT2D eigenvalue weighted by molar-refractivity contribution is -0.154. The van der Waals surface area contributed by atoms with Crippen LogP contribution in [0.15, 0.2) is 27.8 Å². The van der Waals surface area contributed by atoms with Gasteiger partial charge in [-0.2, -0.15) is 0 Å². The van der Waals surface area contributed by atoms with Crippen molar-refractivity contribution in [2.45, 2.75) is 46.1 Å². The van der Waals surface area contributed by atoms with Gasteiger partial charge in [0.15, 0.2) is 5.96 Å². The summed E-state index contributed by atoms with van der Waals surface area (Å²) in [5.41, 5.74) is -0.452. The number of carbonyl (C=O) groups excluding carboxylic acids is 1. The predicted molar refractivity (Wildman–Crippen MR) is 102 cm³/mol. The number of guanidine groups is 1. The Hall–Kier alpha value is -1.25. The highest BCUT2D eigenvalue weighted by Gasteiger charge is 2.15. The molecule has 1 heterocycles. The highest BCUT2D eigenvalue weighted by molar-refractivity contribution is 14.0. The first-order valence-electron chi connectivity index (χ1n) is 7.67. The lowest BCUT2D eigenvalue weighted by Crippen LogP contribution is -2.38. The molecule has 0 saturated heterocycles. The van der Waals surface area contributed by atoms with E-state index in [0.29, 0.717) is 19.0 Å². The summed E-state index contributed by atoms with van der Waals surface area (Å²) in [6, 6.07) is 3.81. The van der Waals surface area contributed by atoms with E-state index in [-0.39, 0.29) is 36.4 Å². The molecule has 0 spiro atoms. The van der Waals surface area contributed by atoms with Crippen molar-refractivity contribution in [3.05, 3.63) is 24.2 Å². The van der Waals surface area contributed by atoms with E-state index in [1.54, 1.807) is 6.26 Å². The van der Waals surface area contributed by atoms with Crippen molar-refractivity contribution in [1.82, 2.24) is 10.6 Å². The van der Waals surface area contributed by atoms with Crippen LogP contribution < -0.4 is 10.6 Å². The molecule has 0 aliphatic heterocycles. The molecule has 0 radical (unpaired) electrons. The minimum atomic E-state index is -0.452. The molecule has 0 fully saturated rings. The van der Waals surface area contributed by atoms with E-state index in [4.69, 9.17) is 9.15 Å². The molecule has 0 aliphatic carbocycles. The number of ether oxygens (including phenoxy) is 1. The van der Waals surface area contributed by atoms with Crippen molar-refractivity contribution in [1.29, 1.82) is 0 Å². The highest BCUT2D eigenvalue weighted by atomic mass is 127. The van der Waals surface area contributed by atoms with E-state index < -0.39 is 5.60 Å². The molecule has 1 aromatic rings. The molecule has 7 heteroatoms. The monoisotopic (exact) mass is 437 g/mol. The van der Waals surface area contributed by atoms with E-state index in [2.05, 4.69) is 15.6 Å². The van der Waals surface area contributed by atoms with E-state index in [0.717, 1.165) is 18.7 Å². The molecule has 0 unspecified atom stereocenters. The maximum Gasteiger partial charge on any atom is 0.308 e. The van der Waals surface area contributed by atoms with Crippen molar-refractivity contribution >= 4 is 35.9 Å². The molecule has 0 bridgehead atoms. The van der Waals surface area contributed by atoms with Crippen LogP contribution >= 0.6 is 24.0 Å². The molecule has 1 rings (SSSR count). The fourth-order valence-corrected chi connectivity index (χ4v) is 1.75. The third-order valence-electron chi connectivity index (χ3n) is 2.59. The van der Waals surface area contributed by atoms with Crippen molar-refractivity contribution in [2.75, 3.05) is 19.6 Å². The van der Waals surface area contributed by atoms with E-state index >= 15 is 0 Å². The number of carbonyl (C=O) groups is 1. The normalized spacial score (nSPS) is 11.6. The Labute approximate surface area is 155 Å². The third-order valence-corrected chi connectivity index (χ3v) is 2.59. The summed E-state index contributed by atoms with van der Waals surface area (Å²) in [7, 11) is 0. The smallest absolute Gasteiger partial charge is 0.308 e. The summed E-state index contributed by atoms with van der Waals surface area (Å²) < 4.78 is 10.5. The number of furan rings is 1. The third kappa shape index (κ3) is 11.0. The van der Waals surface area contributed by atoms with E-state index in [1.165, 1.54) is 0 Å². The number of esters is 1. The molecule has 0 amide bonds. The summed E-state index contributed by atoms with van der Waals surface area (Å²) in [4.78, 5) is 16.0. The quantitative estimate of drug-likeness (QED) is 0.297. The Morgan fingerprint density at radius 1 is 1.35 bits per heavy atom. The first-order valence-corrected chi connectivity index (χ1v) is 7.67. The Morgan fingerprint density at radius 2 is 2.09 bits per heavy atom. The van der Waals surface area contributed by atoms with Gasteiger partial charge in [-0.25, -0.2) is 0 Å². The zero-order valence-corrected chi connectivity index (χ0v) is 16.7. The summed E-state index contributed by atoms with van der Waals surface area (Å²) in [5, 5.41) is 6.35. The van der Waals surface area contributed by atoms with Gasteiger partial charge in [0, 0.05) is 19.5 Å². The number of hydrogen-bond donors (Lipinski definition) is 2. The van der Waals surface area contributed by atoms with Crippen molar-refractivity contribution in [3.63, 3.8) is 0 Å². The van der Waals surface area contributed by atoms with Crippen molar-refractivity contribution < 1.29 is 13.9 Å². The Balaban J connectivity index is 0.00000484. The molecule has 1 aromatic heterocycles. The number of nitrogens with one attached hydrogen (secondary N) is 2. The number of halogens is 1. The average molecular weight is 437 g/mol. The predicted octanol–water partition coefficient (Wildman–Crippen LogP) is 2.73. The van der Waals surface area contributed by atoms with Gasteiger partial charge in [0.25, 0.3) is 0 Å². The van der Waals surface area contributed by atoms with Gasteiger partial charge >= 0.3 is 5.97 Å². The molecule has 132 valence electrons. The lowest BCUT2D eigenvalue weighted by atomic mass is 10.2. The standard InChI is InChI=1S/C16H27N3O3.HI/c1-5-17-15(18-10-8-13-7-6-12-21-13)19-11-9-14(20)22-16(2,3)4;/h6-7,12H,5,8-11H2,1-4H3,(H2,17,18,19);1H. The summed E-state index contributed by atoms with van der Waals surface area (Å²) in [6.45, 7) is 9.44. The summed E-state index contributed by atoms with van der Waals surface area (Å²) in [6.07, 6.45) is 2.71. The number of hydrogen-bond acceptors (Lipinski definition) is 4. The van der Waals surface area contributed by atoms with Crippen molar-refractivity contribution in [2.24, 2.45) is 4.99 Å². The lowest BCUT2D eigenvalue weighted by Gasteiger charge is -2.19. The van der Waals surface area contributed by atoms with Crippen LogP contribution in [0.2, 0.25) is 0 Å². The van der Waals surface area contributed by atoms with Crippen LogP contribution in [0.3, 0.4) is 0 Å². The van der Waals surface area contributed by atoms with Crippen LogP contribution in [0, 0.1) is 0 Å². The van der Waals surface area contributed by atoms with Crippen LogP contribution in [0.25, 0.3) is 0 Å². The van der Waals surface area contributed by atoms with Gasteiger partial charge in [0.05, 0.1) is 19.2 Å². The van der Waals surface area contributed by atoms with Crippen LogP contribution in [-0.2, 0) is 16.0 Å². The zero-order chi connectivity index (χ0) is 16.4. The maximum atomic E-state index is 11.6. The molecule has 0 saturated carbocycles. The van der Waals surface area contributed by atoms with Crippen LogP contribution in [0.5, 0.6) is 0 Å². The summed E-state index contributed by atoms with van der Waals surface area (Å²) in [5.74, 6) is 1.39. The van der Waals surface area contributed by atoms with Gasteiger partial charge in [-0.3, -0.25) is 9.79 Å². The second-order valence-corrected chi connectivity index (χ2v) is 5.85. The molecule has 2 N–H and O–H groups in total. The average Bonchev–Trinajstić information content (AvgIpc) is 2.89. The molecule has 0 aliphatic rings. The van der Waals surface area contributed by atoms with Crippen LogP contribution in [0.1, 0.15) is 39.9 Å². The van der Waals surface area contributed by atoms with Gasteiger partial charge in [0.1, 0.15) is 11.4 Å². The Morgan fingerprint density at radius 3 is 2.65 bits per heavy atom. The molecule has 0 atom stereocenters. The first kappa shape index (κ1) is 21.8. The van der Waals surface area contributed by atoms with Gasteiger partial charge in [0.2, 0.25) is 0 Å². The first-order chi connectivity index (χ1) is 10.4. The second kappa shape index (κ2) is 11.3. The van der Waals surface area contributed by atoms with E-state index in [9.17, 15) is 4.79 Å². The Kier molecular flexibility index (Phi) is 10.7. The highest BCUT2D eigenvalue weighted by Crippen LogP contribution is 2.08. The topological polar surface area (TPSA) is 75.9 Å². The molecular formula is C16H28IN3O3. The number of aliphatic imine (C=N–C) groups is 1. The number of rotatable bonds is 7. The molecule has 23 heavy (non-hydrogen) atoms. The zero-order valence-electron chi connectivity index (χ0n) is 14.3. The van der Waals surface area contributed by atoms with Crippen LogP contribution in [0.4, 0.5) is 0 Å². The fraction of sp³-hybridized carbons (Fsp3) is 0.625. The largest absolute Gasteiger partial charge is 0.469 e. The van der Waals surface area contributed by atoms with Crippen LogP contribution in [-0.4, -0.2) is 37.2 Å². The molecule has 0 aromatic carbocycles. The van der Waals surface area contributed by atoms with Gasteiger partial charge in [-0.05, 0) is 39.8 Å². The SMILES string of the molecule is CCNC(=NCCC(=O)OC(C)(C)C)NCCc1ccco1.I. The molecular weight excluding hydrogens is 409 g/mol. The Bertz CT molecular complexity index is 467.